The third kappa shape index (κ3) is 2.19. The SMILES string of the molecule is Cc1cc(C)n2nc(C(=O)Nc3ccc4c5c(cccc35)CC4)nc2n1. The van der Waals surface area contributed by atoms with Gasteiger partial charge in [-0.1, -0.05) is 24.3 Å². The molecule has 0 bridgehead atoms. The number of anilines is 1. The van der Waals surface area contributed by atoms with Crippen LogP contribution in [0.1, 0.15) is 33.1 Å². The van der Waals surface area contributed by atoms with Crippen LogP contribution in [0.25, 0.3) is 16.6 Å². The molecule has 128 valence electrons. The van der Waals surface area contributed by atoms with Gasteiger partial charge in [-0.25, -0.2) is 9.50 Å². The Hall–Kier alpha value is -3.28. The van der Waals surface area contributed by atoms with Gasteiger partial charge in [-0.05, 0) is 55.3 Å². The Morgan fingerprint density at radius 2 is 1.88 bits per heavy atom. The highest BCUT2D eigenvalue weighted by Crippen LogP contribution is 2.35. The molecule has 26 heavy (non-hydrogen) atoms. The molecule has 1 amide bonds. The number of nitrogens with one attached hydrogen (secondary N) is 1. The Kier molecular flexibility index (Phi) is 3.09. The number of benzene rings is 2. The molecule has 2 heterocycles. The Morgan fingerprint density at radius 3 is 2.73 bits per heavy atom. The second-order valence-corrected chi connectivity index (χ2v) is 6.75. The molecule has 2 aromatic heterocycles. The number of hydrogen-bond acceptors (Lipinski definition) is 4. The van der Waals surface area contributed by atoms with Gasteiger partial charge in [0.05, 0.1) is 0 Å². The number of hydrogen-bond donors (Lipinski definition) is 1. The Balaban J connectivity index is 1.55. The van der Waals surface area contributed by atoms with Crippen LogP contribution in [0.2, 0.25) is 0 Å². The first-order valence-electron chi connectivity index (χ1n) is 8.66. The fourth-order valence-corrected chi connectivity index (χ4v) is 3.80. The van der Waals surface area contributed by atoms with E-state index in [1.54, 1.807) is 4.52 Å². The van der Waals surface area contributed by atoms with E-state index < -0.39 is 0 Å². The van der Waals surface area contributed by atoms with E-state index in [-0.39, 0.29) is 11.7 Å². The number of aryl methyl sites for hydroxylation is 4. The van der Waals surface area contributed by atoms with E-state index in [2.05, 4.69) is 38.6 Å². The standard InChI is InChI=1S/C20H17N5O/c1-11-10-12(2)25-20(21-11)23-18(24-25)19(26)22-16-9-8-14-7-6-13-4-3-5-15(16)17(13)14/h3-5,8-10H,6-7H2,1-2H3,(H,22,26). The van der Waals surface area contributed by atoms with E-state index in [0.29, 0.717) is 5.78 Å². The minimum atomic E-state index is -0.328. The van der Waals surface area contributed by atoms with Gasteiger partial charge in [0, 0.05) is 22.5 Å². The fourth-order valence-electron chi connectivity index (χ4n) is 3.80. The predicted molar refractivity (Wildman–Crippen MR) is 99.6 cm³/mol. The molecule has 0 fully saturated rings. The molecule has 2 aromatic carbocycles. The summed E-state index contributed by atoms with van der Waals surface area (Å²) in [5, 5.41) is 9.62. The minimum Gasteiger partial charge on any atom is -0.319 e. The molecule has 4 aromatic rings. The van der Waals surface area contributed by atoms with Gasteiger partial charge in [0.25, 0.3) is 11.7 Å². The predicted octanol–water partition coefficient (Wildman–Crippen LogP) is 3.25. The van der Waals surface area contributed by atoms with Crippen molar-refractivity contribution in [3.63, 3.8) is 0 Å². The van der Waals surface area contributed by atoms with Crippen molar-refractivity contribution in [2.24, 2.45) is 0 Å². The lowest BCUT2D eigenvalue weighted by molar-refractivity contribution is 0.101. The molecule has 5 rings (SSSR count). The van der Waals surface area contributed by atoms with E-state index in [4.69, 9.17) is 0 Å². The molecule has 0 spiro atoms. The summed E-state index contributed by atoms with van der Waals surface area (Å²) in [7, 11) is 0. The van der Waals surface area contributed by atoms with Crippen molar-refractivity contribution in [3.05, 3.63) is 64.7 Å². The van der Waals surface area contributed by atoms with Gasteiger partial charge in [-0.15, -0.1) is 5.10 Å². The smallest absolute Gasteiger partial charge is 0.295 e. The Bertz CT molecular complexity index is 1200. The fraction of sp³-hybridized carbons (Fsp3) is 0.200. The zero-order valence-corrected chi connectivity index (χ0v) is 14.6. The summed E-state index contributed by atoms with van der Waals surface area (Å²) in [6.45, 7) is 3.81. The van der Waals surface area contributed by atoms with E-state index in [1.165, 1.54) is 16.5 Å². The molecule has 1 aliphatic carbocycles. The first kappa shape index (κ1) is 15.0. The molecule has 6 heteroatoms. The summed E-state index contributed by atoms with van der Waals surface area (Å²) in [5.74, 6) is 0.230. The number of fused-ring (bicyclic) bond motifs is 1. The van der Waals surface area contributed by atoms with E-state index in [0.717, 1.165) is 35.3 Å². The van der Waals surface area contributed by atoms with Crippen molar-refractivity contribution in [1.82, 2.24) is 19.6 Å². The lowest BCUT2D eigenvalue weighted by atomic mass is 10.0. The summed E-state index contributed by atoms with van der Waals surface area (Å²) in [6, 6.07) is 12.2. The molecule has 0 saturated carbocycles. The molecule has 6 nitrogen and oxygen atoms in total. The van der Waals surface area contributed by atoms with Crippen molar-refractivity contribution >= 4 is 28.1 Å². The van der Waals surface area contributed by atoms with Crippen LogP contribution in [-0.2, 0) is 12.8 Å². The van der Waals surface area contributed by atoms with Crippen molar-refractivity contribution in [1.29, 1.82) is 0 Å². The van der Waals surface area contributed by atoms with Gasteiger partial charge in [-0.2, -0.15) is 4.98 Å². The molecule has 0 atom stereocenters. The van der Waals surface area contributed by atoms with Crippen LogP contribution in [-0.4, -0.2) is 25.5 Å². The van der Waals surface area contributed by atoms with Crippen LogP contribution < -0.4 is 5.32 Å². The van der Waals surface area contributed by atoms with Gasteiger partial charge in [0.15, 0.2) is 0 Å². The first-order chi connectivity index (χ1) is 12.6. The topological polar surface area (TPSA) is 72.2 Å². The zero-order chi connectivity index (χ0) is 17.8. The van der Waals surface area contributed by atoms with E-state index in [9.17, 15) is 4.79 Å². The van der Waals surface area contributed by atoms with Crippen LogP contribution in [0.4, 0.5) is 5.69 Å². The molecule has 0 aliphatic heterocycles. The van der Waals surface area contributed by atoms with E-state index in [1.807, 2.05) is 32.0 Å². The molecule has 0 unspecified atom stereocenters. The largest absolute Gasteiger partial charge is 0.319 e. The van der Waals surface area contributed by atoms with Crippen molar-refractivity contribution in [2.45, 2.75) is 26.7 Å². The van der Waals surface area contributed by atoms with Crippen LogP contribution in [0.3, 0.4) is 0 Å². The summed E-state index contributed by atoms with van der Waals surface area (Å²) >= 11 is 0. The summed E-state index contributed by atoms with van der Waals surface area (Å²) in [5.41, 5.74) is 5.22. The molecule has 0 radical (unpaired) electrons. The number of carbonyl (C=O) groups excluding carboxylic acids is 1. The normalized spacial score (nSPS) is 12.8. The maximum Gasteiger partial charge on any atom is 0.295 e. The number of aromatic nitrogens is 4. The second-order valence-electron chi connectivity index (χ2n) is 6.75. The van der Waals surface area contributed by atoms with Gasteiger partial charge in [0.2, 0.25) is 5.82 Å². The average molecular weight is 343 g/mol. The van der Waals surface area contributed by atoms with Crippen LogP contribution in [0.5, 0.6) is 0 Å². The summed E-state index contributed by atoms with van der Waals surface area (Å²) in [6.07, 6.45) is 2.12. The highest BCUT2D eigenvalue weighted by atomic mass is 16.2. The minimum absolute atomic E-state index is 0.120. The monoisotopic (exact) mass is 343 g/mol. The van der Waals surface area contributed by atoms with Gasteiger partial charge in [-0.3, -0.25) is 4.79 Å². The molecule has 0 saturated heterocycles. The van der Waals surface area contributed by atoms with Crippen molar-refractivity contribution in [2.75, 3.05) is 5.32 Å². The van der Waals surface area contributed by atoms with Crippen LogP contribution in [0, 0.1) is 13.8 Å². The third-order valence-corrected chi connectivity index (χ3v) is 4.95. The quantitative estimate of drug-likeness (QED) is 0.606. The summed E-state index contributed by atoms with van der Waals surface area (Å²) in [4.78, 5) is 21.4. The average Bonchev–Trinajstić information content (AvgIpc) is 3.23. The zero-order valence-electron chi connectivity index (χ0n) is 14.6. The van der Waals surface area contributed by atoms with Crippen LogP contribution >= 0.6 is 0 Å². The number of nitrogens with zero attached hydrogens (tertiary/aromatic N) is 4. The second kappa shape index (κ2) is 5.36. The number of carbonyl (C=O) groups is 1. The number of rotatable bonds is 2. The van der Waals surface area contributed by atoms with Gasteiger partial charge in [0.1, 0.15) is 0 Å². The first-order valence-corrected chi connectivity index (χ1v) is 8.66. The Morgan fingerprint density at radius 1 is 1.08 bits per heavy atom. The molecule has 1 N–H and O–H groups in total. The molecule has 1 aliphatic rings. The van der Waals surface area contributed by atoms with Gasteiger partial charge >= 0.3 is 0 Å². The number of amides is 1. The Labute approximate surface area is 149 Å². The maximum absolute atomic E-state index is 12.7. The van der Waals surface area contributed by atoms with Crippen molar-refractivity contribution in [3.8, 4) is 0 Å². The third-order valence-electron chi connectivity index (χ3n) is 4.95. The highest BCUT2D eigenvalue weighted by Gasteiger charge is 2.19. The molecular formula is C20H17N5O. The summed E-state index contributed by atoms with van der Waals surface area (Å²) < 4.78 is 1.59. The van der Waals surface area contributed by atoms with Crippen molar-refractivity contribution < 1.29 is 4.79 Å². The van der Waals surface area contributed by atoms with Gasteiger partial charge < -0.3 is 5.32 Å². The molecular weight excluding hydrogens is 326 g/mol. The van der Waals surface area contributed by atoms with Crippen LogP contribution in [0.15, 0.2) is 36.4 Å². The van der Waals surface area contributed by atoms with E-state index >= 15 is 0 Å². The lowest BCUT2D eigenvalue weighted by Gasteiger charge is -2.09. The lowest BCUT2D eigenvalue weighted by Crippen LogP contribution is -2.14. The maximum atomic E-state index is 12.7. The highest BCUT2D eigenvalue weighted by molar-refractivity contribution is 6.09.